The van der Waals surface area contributed by atoms with Crippen LogP contribution in [0.1, 0.15) is 49.3 Å². The quantitative estimate of drug-likeness (QED) is 0.308. The number of nitrogens with one attached hydrogen (secondary N) is 2. The van der Waals surface area contributed by atoms with E-state index in [2.05, 4.69) is 22.8 Å². The molecule has 1 aliphatic carbocycles. The minimum absolute atomic E-state index is 0.0692. The summed E-state index contributed by atoms with van der Waals surface area (Å²) in [6.45, 7) is 3.83. The smallest absolute Gasteiger partial charge is 0.407 e. The third kappa shape index (κ3) is 7.03. The fourth-order valence-electron chi connectivity index (χ4n) is 4.84. The Hall–Kier alpha value is -4.17. The molecule has 0 spiro atoms. The fourth-order valence-corrected chi connectivity index (χ4v) is 4.84. The van der Waals surface area contributed by atoms with E-state index in [1.54, 1.807) is 6.92 Å². The van der Waals surface area contributed by atoms with Gasteiger partial charge in [-0.15, -0.1) is 0 Å². The molecular formula is C31H34N2O6. The topological polar surface area (TPSA) is 114 Å². The van der Waals surface area contributed by atoms with Crippen molar-refractivity contribution < 1.29 is 29.0 Å². The first-order chi connectivity index (χ1) is 18.9. The largest absolute Gasteiger partial charge is 0.480 e. The number of carboxylic acid groups (broad SMARTS) is 1. The lowest BCUT2D eigenvalue weighted by Crippen LogP contribution is -2.50. The highest BCUT2D eigenvalue weighted by Gasteiger charge is 2.30. The second-order valence-electron chi connectivity index (χ2n) is 9.66. The van der Waals surface area contributed by atoms with Crippen molar-refractivity contribution >= 4 is 18.0 Å². The fraction of sp³-hybridized carbons (Fsp3) is 0.323. The van der Waals surface area contributed by atoms with Crippen molar-refractivity contribution in [3.8, 4) is 11.1 Å². The summed E-state index contributed by atoms with van der Waals surface area (Å²) in [5.41, 5.74) is 5.40. The van der Waals surface area contributed by atoms with Gasteiger partial charge in [-0.3, -0.25) is 4.79 Å². The second kappa shape index (κ2) is 13.1. The number of hydrogen-bond acceptors (Lipinski definition) is 5. The number of ether oxygens (including phenoxy) is 2. The average Bonchev–Trinajstić information content (AvgIpc) is 3.27. The molecule has 8 nitrogen and oxygen atoms in total. The van der Waals surface area contributed by atoms with E-state index in [1.807, 2.05) is 73.7 Å². The molecule has 0 saturated heterocycles. The van der Waals surface area contributed by atoms with Crippen molar-refractivity contribution in [2.24, 2.45) is 0 Å². The Labute approximate surface area is 228 Å². The Bertz CT molecular complexity index is 1250. The molecule has 0 unspecified atom stereocenters. The van der Waals surface area contributed by atoms with E-state index in [9.17, 15) is 19.5 Å². The Balaban J connectivity index is 1.28. The zero-order chi connectivity index (χ0) is 27.8. The average molecular weight is 531 g/mol. The lowest BCUT2D eigenvalue weighted by molar-refractivity contribution is -0.146. The van der Waals surface area contributed by atoms with E-state index in [0.29, 0.717) is 6.42 Å². The molecule has 39 heavy (non-hydrogen) atoms. The SMILES string of the molecule is CC[C@H](CC(=O)N[C@H](C(=O)O)[C@@H](C)OCc1ccccc1)NC(=O)OCC1c2ccccc2-c2ccccc21. The maximum Gasteiger partial charge on any atom is 0.407 e. The highest BCUT2D eigenvalue weighted by Crippen LogP contribution is 2.44. The van der Waals surface area contributed by atoms with Crippen molar-refractivity contribution in [3.05, 3.63) is 95.6 Å². The van der Waals surface area contributed by atoms with Gasteiger partial charge in [0.25, 0.3) is 0 Å². The van der Waals surface area contributed by atoms with Gasteiger partial charge in [0.05, 0.1) is 12.7 Å². The lowest BCUT2D eigenvalue weighted by atomic mass is 9.98. The van der Waals surface area contributed by atoms with Crippen molar-refractivity contribution in [2.45, 2.75) is 57.4 Å². The second-order valence-corrected chi connectivity index (χ2v) is 9.66. The predicted molar refractivity (Wildman–Crippen MR) is 147 cm³/mol. The molecule has 3 N–H and O–H groups in total. The van der Waals surface area contributed by atoms with Crippen LogP contribution in [0.25, 0.3) is 11.1 Å². The van der Waals surface area contributed by atoms with E-state index in [0.717, 1.165) is 27.8 Å². The van der Waals surface area contributed by atoms with Crippen LogP contribution in [0.2, 0.25) is 0 Å². The van der Waals surface area contributed by atoms with Crippen LogP contribution in [0.15, 0.2) is 78.9 Å². The van der Waals surface area contributed by atoms with E-state index in [1.165, 1.54) is 0 Å². The van der Waals surface area contributed by atoms with Gasteiger partial charge in [0.1, 0.15) is 6.61 Å². The first kappa shape index (κ1) is 27.9. The number of carboxylic acids is 1. The first-order valence-corrected chi connectivity index (χ1v) is 13.2. The van der Waals surface area contributed by atoms with Crippen molar-refractivity contribution in [3.63, 3.8) is 0 Å². The molecule has 3 aromatic rings. The third-order valence-corrected chi connectivity index (χ3v) is 7.00. The number of hydrogen-bond donors (Lipinski definition) is 3. The van der Waals surface area contributed by atoms with Gasteiger partial charge < -0.3 is 25.2 Å². The molecule has 2 amide bonds. The summed E-state index contributed by atoms with van der Waals surface area (Å²) in [5, 5.41) is 14.9. The highest BCUT2D eigenvalue weighted by molar-refractivity contribution is 5.84. The maximum absolute atomic E-state index is 12.7. The van der Waals surface area contributed by atoms with Gasteiger partial charge in [-0.05, 0) is 41.2 Å². The highest BCUT2D eigenvalue weighted by atomic mass is 16.5. The standard InChI is InChI=1S/C31H34N2O6/c1-3-22(17-28(34)33-29(30(35)36)20(2)38-18-21-11-5-4-6-12-21)32-31(37)39-19-27-25-15-9-7-13-23(25)24-14-8-10-16-26(24)27/h4-16,20,22,27,29H,3,17-19H2,1-2H3,(H,32,37)(H,33,34)(H,35,36)/t20-,22-,29+/m1/s1. The summed E-state index contributed by atoms with van der Waals surface area (Å²) >= 11 is 0. The minimum Gasteiger partial charge on any atom is -0.480 e. The van der Waals surface area contributed by atoms with E-state index in [-0.39, 0.29) is 25.6 Å². The number of alkyl carbamates (subject to hydrolysis) is 1. The van der Waals surface area contributed by atoms with Gasteiger partial charge in [-0.1, -0.05) is 85.8 Å². The molecule has 204 valence electrons. The molecule has 1 aliphatic rings. The normalized spacial score (nSPS) is 14.4. The van der Waals surface area contributed by atoms with Crippen molar-refractivity contribution in [1.29, 1.82) is 0 Å². The number of aliphatic carboxylic acids is 1. The molecule has 0 aliphatic heterocycles. The summed E-state index contributed by atoms with van der Waals surface area (Å²) in [6, 6.07) is 23.8. The number of carbonyl (C=O) groups is 3. The molecule has 3 atom stereocenters. The van der Waals surface area contributed by atoms with Crippen LogP contribution in [0, 0.1) is 0 Å². The number of amides is 2. The maximum atomic E-state index is 12.7. The van der Waals surface area contributed by atoms with Gasteiger partial charge in [0, 0.05) is 18.4 Å². The van der Waals surface area contributed by atoms with E-state index >= 15 is 0 Å². The van der Waals surface area contributed by atoms with E-state index < -0.39 is 36.2 Å². The summed E-state index contributed by atoms with van der Waals surface area (Å²) in [7, 11) is 0. The Morgan fingerprint density at radius 1 is 0.872 bits per heavy atom. The molecule has 0 radical (unpaired) electrons. The zero-order valence-corrected chi connectivity index (χ0v) is 22.1. The van der Waals surface area contributed by atoms with E-state index in [4.69, 9.17) is 9.47 Å². The molecule has 8 heteroatoms. The number of fused-ring (bicyclic) bond motifs is 3. The van der Waals surface area contributed by atoms with Gasteiger partial charge in [-0.25, -0.2) is 9.59 Å². The van der Waals surface area contributed by atoms with Gasteiger partial charge in [0.15, 0.2) is 6.04 Å². The van der Waals surface area contributed by atoms with Crippen molar-refractivity contribution in [1.82, 2.24) is 10.6 Å². The van der Waals surface area contributed by atoms with Gasteiger partial charge in [-0.2, -0.15) is 0 Å². The molecule has 0 fully saturated rings. The van der Waals surface area contributed by atoms with Gasteiger partial charge in [0.2, 0.25) is 5.91 Å². The predicted octanol–water partition coefficient (Wildman–Crippen LogP) is 4.87. The summed E-state index contributed by atoms with van der Waals surface area (Å²) in [6.07, 6.45) is -1.00. The minimum atomic E-state index is -1.23. The monoisotopic (exact) mass is 530 g/mol. The summed E-state index contributed by atoms with van der Waals surface area (Å²) < 4.78 is 11.3. The summed E-state index contributed by atoms with van der Waals surface area (Å²) in [5.74, 6) is -1.76. The van der Waals surface area contributed by atoms with Crippen LogP contribution in [-0.4, -0.2) is 47.9 Å². The third-order valence-electron chi connectivity index (χ3n) is 7.00. The van der Waals surface area contributed by atoms with Crippen LogP contribution >= 0.6 is 0 Å². The number of rotatable bonds is 12. The molecular weight excluding hydrogens is 496 g/mol. The van der Waals surface area contributed by atoms with Crippen molar-refractivity contribution in [2.75, 3.05) is 6.61 Å². The molecule has 4 rings (SSSR count). The van der Waals surface area contributed by atoms with Crippen LogP contribution in [0.5, 0.6) is 0 Å². The first-order valence-electron chi connectivity index (χ1n) is 13.2. The van der Waals surface area contributed by atoms with Crippen LogP contribution in [-0.2, 0) is 25.7 Å². The molecule has 0 bridgehead atoms. The molecule has 0 aromatic heterocycles. The number of benzene rings is 3. The van der Waals surface area contributed by atoms with Crippen LogP contribution in [0.3, 0.4) is 0 Å². The Morgan fingerprint density at radius 2 is 1.46 bits per heavy atom. The Kier molecular flexibility index (Phi) is 9.33. The zero-order valence-electron chi connectivity index (χ0n) is 22.1. The van der Waals surface area contributed by atoms with Crippen LogP contribution in [0.4, 0.5) is 4.79 Å². The lowest BCUT2D eigenvalue weighted by Gasteiger charge is -2.23. The Morgan fingerprint density at radius 3 is 2.05 bits per heavy atom. The molecule has 0 heterocycles. The summed E-state index contributed by atoms with van der Waals surface area (Å²) in [4.78, 5) is 37.2. The molecule has 0 saturated carbocycles. The number of carbonyl (C=O) groups excluding carboxylic acids is 2. The van der Waals surface area contributed by atoms with Gasteiger partial charge >= 0.3 is 12.1 Å². The molecule has 3 aromatic carbocycles. The van der Waals surface area contributed by atoms with Crippen LogP contribution < -0.4 is 10.6 Å².